The highest BCUT2D eigenvalue weighted by atomic mass is 16.3. The second kappa shape index (κ2) is 5.82. The van der Waals surface area contributed by atoms with Gasteiger partial charge >= 0.3 is 0 Å². The summed E-state index contributed by atoms with van der Waals surface area (Å²) < 4.78 is 0. The predicted molar refractivity (Wildman–Crippen MR) is 104 cm³/mol. The standard InChI is InChI=1S/C23H23NO2/c1-14-9-15-3-6-20-19(21(15)11-17(14)13-24-7-2-8-24)5-4-16-10-18(25)12-22(26)23(16)20/h4-5,9-12,14,26H,2-3,6-8,13H2,1H3. The largest absolute Gasteiger partial charge is 0.507 e. The summed E-state index contributed by atoms with van der Waals surface area (Å²) in [6.07, 6.45) is 11.0. The highest BCUT2D eigenvalue weighted by Gasteiger charge is 2.26. The number of aliphatic hydroxyl groups excluding tert-OH is 1. The molecule has 1 unspecified atom stereocenters. The van der Waals surface area contributed by atoms with E-state index in [1.165, 1.54) is 53.1 Å². The van der Waals surface area contributed by atoms with Gasteiger partial charge in [0.25, 0.3) is 0 Å². The van der Waals surface area contributed by atoms with Crippen LogP contribution in [0.1, 0.15) is 30.9 Å². The van der Waals surface area contributed by atoms with Crippen LogP contribution in [-0.2, 0) is 11.2 Å². The van der Waals surface area contributed by atoms with Gasteiger partial charge in [0.05, 0.1) is 0 Å². The molecule has 0 aromatic heterocycles. The molecule has 1 fully saturated rings. The van der Waals surface area contributed by atoms with E-state index in [-0.39, 0.29) is 11.5 Å². The van der Waals surface area contributed by atoms with Crippen LogP contribution in [0.25, 0.3) is 17.4 Å². The zero-order valence-electron chi connectivity index (χ0n) is 15.1. The first-order chi connectivity index (χ1) is 12.6. The fourth-order valence-corrected chi connectivity index (χ4v) is 4.63. The van der Waals surface area contributed by atoms with Crippen LogP contribution in [0.4, 0.5) is 0 Å². The number of fused-ring (bicyclic) bond motifs is 4. The highest BCUT2D eigenvalue weighted by Crippen LogP contribution is 2.34. The molecule has 132 valence electrons. The molecule has 4 aliphatic rings. The molecular formula is C23H23NO2. The van der Waals surface area contributed by atoms with Crippen LogP contribution in [0, 0.1) is 5.92 Å². The molecule has 3 aliphatic carbocycles. The van der Waals surface area contributed by atoms with E-state index in [9.17, 15) is 9.90 Å². The monoisotopic (exact) mass is 345 g/mol. The first kappa shape index (κ1) is 15.8. The Morgan fingerprint density at radius 1 is 1.15 bits per heavy atom. The summed E-state index contributed by atoms with van der Waals surface area (Å²) in [5.74, 6) is 0.473. The lowest BCUT2D eigenvalue weighted by atomic mass is 9.78. The minimum atomic E-state index is -0.137. The first-order valence-electron chi connectivity index (χ1n) is 9.57. The Labute approximate surface area is 153 Å². The van der Waals surface area contributed by atoms with Gasteiger partial charge in [-0.15, -0.1) is 0 Å². The van der Waals surface area contributed by atoms with Crippen molar-refractivity contribution in [2.24, 2.45) is 5.92 Å². The fraction of sp³-hybridized carbons (Fsp3) is 0.348. The molecule has 3 nitrogen and oxygen atoms in total. The number of aliphatic hydroxyl groups is 1. The third-order valence-electron chi connectivity index (χ3n) is 6.18. The van der Waals surface area contributed by atoms with Gasteiger partial charge in [-0.2, -0.15) is 0 Å². The molecule has 1 saturated heterocycles. The van der Waals surface area contributed by atoms with E-state index in [0.717, 1.165) is 30.2 Å². The molecule has 26 heavy (non-hydrogen) atoms. The zero-order chi connectivity index (χ0) is 17.8. The summed E-state index contributed by atoms with van der Waals surface area (Å²) in [6.45, 7) is 5.78. The molecule has 0 bridgehead atoms. The molecule has 0 saturated carbocycles. The van der Waals surface area contributed by atoms with Crippen molar-refractivity contribution in [2.75, 3.05) is 19.6 Å². The average Bonchev–Trinajstić information content (AvgIpc) is 2.57. The molecule has 1 heterocycles. The molecule has 1 N–H and O–H groups in total. The molecule has 0 radical (unpaired) electrons. The normalized spacial score (nSPS) is 24.3. The van der Waals surface area contributed by atoms with Crippen molar-refractivity contribution >= 4 is 23.2 Å². The van der Waals surface area contributed by atoms with Crippen LogP contribution in [0.15, 0.2) is 41.5 Å². The highest BCUT2D eigenvalue weighted by molar-refractivity contribution is 6.17. The molecule has 1 aliphatic heterocycles. The Bertz CT molecular complexity index is 1030. The van der Waals surface area contributed by atoms with Gasteiger partial charge in [0.1, 0.15) is 5.76 Å². The predicted octanol–water partition coefficient (Wildman–Crippen LogP) is 2.25. The summed E-state index contributed by atoms with van der Waals surface area (Å²) in [5, 5.41) is 12.5. The van der Waals surface area contributed by atoms with Crippen molar-refractivity contribution < 1.29 is 9.90 Å². The molecule has 3 heteroatoms. The van der Waals surface area contributed by atoms with Crippen LogP contribution in [0.3, 0.4) is 0 Å². The Balaban J connectivity index is 1.70. The van der Waals surface area contributed by atoms with Gasteiger partial charge in [-0.3, -0.25) is 9.69 Å². The number of rotatable bonds is 2. The van der Waals surface area contributed by atoms with Gasteiger partial charge in [-0.25, -0.2) is 0 Å². The molecule has 1 atom stereocenters. The van der Waals surface area contributed by atoms with Gasteiger partial charge < -0.3 is 5.11 Å². The lowest BCUT2D eigenvalue weighted by Gasteiger charge is -2.34. The van der Waals surface area contributed by atoms with Crippen LogP contribution >= 0.6 is 0 Å². The van der Waals surface area contributed by atoms with Crippen molar-refractivity contribution in [1.82, 2.24) is 4.90 Å². The van der Waals surface area contributed by atoms with Crippen molar-refractivity contribution in [3.05, 3.63) is 63.1 Å². The van der Waals surface area contributed by atoms with Gasteiger partial charge in [0.15, 0.2) is 5.78 Å². The lowest BCUT2D eigenvalue weighted by Crippen LogP contribution is -2.39. The Kier molecular flexibility index (Phi) is 3.54. The second-order valence-electron chi connectivity index (χ2n) is 7.88. The number of carbonyl (C=O) groups excluding carboxylic acids is 1. The van der Waals surface area contributed by atoms with E-state index in [1.807, 2.05) is 6.07 Å². The van der Waals surface area contributed by atoms with Gasteiger partial charge in [0, 0.05) is 18.2 Å². The van der Waals surface area contributed by atoms with E-state index in [2.05, 4.69) is 30.0 Å². The smallest absolute Gasteiger partial charge is 0.182 e. The van der Waals surface area contributed by atoms with Gasteiger partial charge in [-0.05, 0) is 77.1 Å². The first-order valence-corrected chi connectivity index (χ1v) is 9.57. The van der Waals surface area contributed by atoms with Gasteiger partial charge in [0.2, 0.25) is 0 Å². The fourth-order valence-electron chi connectivity index (χ4n) is 4.63. The quantitative estimate of drug-likeness (QED) is 0.894. The van der Waals surface area contributed by atoms with E-state index in [1.54, 1.807) is 6.08 Å². The van der Waals surface area contributed by atoms with Crippen molar-refractivity contribution in [2.45, 2.75) is 26.2 Å². The van der Waals surface area contributed by atoms with Gasteiger partial charge in [-0.1, -0.05) is 31.2 Å². The third kappa shape index (κ3) is 2.42. The van der Waals surface area contributed by atoms with Crippen molar-refractivity contribution in [1.29, 1.82) is 0 Å². The Morgan fingerprint density at radius 2 is 2.00 bits per heavy atom. The topological polar surface area (TPSA) is 40.5 Å². The SMILES string of the molecule is CC1C=C2CCc3c4c(ccc3=C2C=C1CN1CCC1)=CC(=O)C=C4O. The number of likely N-dealkylation sites (tertiary alicyclic amines) is 1. The molecule has 0 amide bonds. The van der Waals surface area contributed by atoms with E-state index < -0.39 is 0 Å². The number of hydrogen-bond acceptors (Lipinski definition) is 3. The van der Waals surface area contributed by atoms with Crippen molar-refractivity contribution in [3.8, 4) is 0 Å². The van der Waals surface area contributed by atoms with E-state index in [4.69, 9.17) is 0 Å². The minimum Gasteiger partial charge on any atom is -0.507 e. The zero-order valence-corrected chi connectivity index (χ0v) is 15.1. The molecular weight excluding hydrogens is 322 g/mol. The Hall–Kier alpha value is -2.39. The maximum Gasteiger partial charge on any atom is 0.182 e. The summed E-state index contributed by atoms with van der Waals surface area (Å²) in [7, 11) is 0. The summed E-state index contributed by atoms with van der Waals surface area (Å²) in [5.41, 5.74) is 6.26. The second-order valence-corrected chi connectivity index (χ2v) is 7.88. The number of allylic oxidation sites excluding steroid dienone is 4. The van der Waals surface area contributed by atoms with Crippen LogP contribution in [-0.4, -0.2) is 35.4 Å². The molecule has 1 aromatic carbocycles. The number of nitrogens with zero attached hydrogens (tertiary/aromatic N) is 1. The van der Waals surface area contributed by atoms with Crippen LogP contribution in [0.5, 0.6) is 0 Å². The molecule has 0 spiro atoms. The number of benzene rings is 1. The third-order valence-corrected chi connectivity index (χ3v) is 6.18. The summed E-state index contributed by atoms with van der Waals surface area (Å²) in [6, 6.07) is 4.11. The maximum atomic E-state index is 11.7. The number of hydrogen-bond donors (Lipinski definition) is 1. The van der Waals surface area contributed by atoms with E-state index in [0.29, 0.717) is 5.92 Å². The minimum absolute atomic E-state index is 0.117. The van der Waals surface area contributed by atoms with Crippen LogP contribution < -0.4 is 10.4 Å². The van der Waals surface area contributed by atoms with E-state index >= 15 is 0 Å². The maximum absolute atomic E-state index is 11.7. The molecule has 1 aromatic rings. The molecule has 5 rings (SSSR count). The Morgan fingerprint density at radius 3 is 2.77 bits per heavy atom. The van der Waals surface area contributed by atoms with Crippen molar-refractivity contribution in [3.63, 3.8) is 0 Å². The summed E-state index contributed by atoms with van der Waals surface area (Å²) in [4.78, 5) is 14.2. The number of ketones is 1. The summed E-state index contributed by atoms with van der Waals surface area (Å²) >= 11 is 0. The average molecular weight is 345 g/mol. The van der Waals surface area contributed by atoms with Crippen LogP contribution in [0.2, 0.25) is 0 Å². The number of carbonyl (C=O) groups is 1. The lowest BCUT2D eigenvalue weighted by molar-refractivity contribution is -0.109.